The van der Waals surface area contributed by atoms with Crippen molar-refractivity contribution < 1.29 is 9.84 Å². The number of thiazole rings is 1. The van der Waals surface area contributed by atoms with Crippen molar-refractivity contribution in [3.63, 3.8) is 0 Å². The molecule has 0 amide bonds. The lowest BCUT2D eigenvalue weighted by Gasteiger charge is -2.26. The Bertz CT molecular complexity index is 484. The number of para-hydroxylation sites is 1. The Morgan fingerprint density at radius 2 is 2.00 bits per heavy atom. The summed E-state index contributed by atoms with van der Waals surface area (Å²) < 4.78 is 7.14. The fourth-order valence-electron chi connectivity index (χ4n) is 2.48. The quantitative estimate of drug-likeness (QED) is 0.924. The molecule has 0 bridgehead atoms. The Labute approximate surface area is 110 Å². The highest BCUT2D eigenvalue weighted by Gasteiger charge is 2.22. The molecular formula is C14H17NO2S. The second-order valence-corrected chi connectivity index (χ2v) is 5.88. The van der Waals surface area contributed by atoms with E-state index in [9.17, 15) is 0 Å². The third-order valence-electron chi connectivity index (χ3n) is 3.59. The van der Waals surface area contributed by atoms with Crippen LogP contribution in [0.15, 0.2) is 24.3 Å². The number of ether oxygens (including phenoxy) is 1. The Morgan fingerprint density at radius 1 is 1.22 bits per heavy atom. The fourth-order valence-corrected chi connectivity index (χ4v) is 3.36. The monoisotopic (exact) mass is 263 g/mol. The number of nitrogens with zero attached hydrogens (tertiary/aromatic N) is 1. The van der Waals surface area contributed by atoms with Crippen LogP contribution in [0.1, 0.15) is 25.7 Å². The van der Waals surface area contributed by atoms with Crippen LogP contribution in [0.4, 0.5) is 0 Å². The third-order valence-corrected chi connectivity index (χ3v) is 4.52. The highest BCUT2D eigenvalue weighted by Crippen LogP contribution is 2.32. The summed E-state index contributed by atoms with van der Waals surface area (Å²) in [4.78, 5) is 4.49. The minimum atomic E-state index is 0.272. The third kappa shape index (κ3) is 2.49. The molecule has 2 aromatic rings. The van der Waals surface area contributed by atoms with E-state index >= 15 is 0 Å². The van der Waals surface area contributed by atoms with Crippen LogP contribution in [0, 0.1) is 5.92 Å². The average Bonchev–Trinajstić information content (AvgIpc) is 2.82. The predicted molar refractivity (Wildman–Crippen MR) is 73.1 cm³/mol. The Kier molecular flexibility index (Phi) is 3.48. The Morgan fingerprint density at radius 3 is 2.72 bits per heavy atom. The van der Waals surface area contributed by atoms with Crippen molar-refractivity contribution in [2.75, 3.05) is 6.61 Å². The van der Waals surface area contributed by atoms with E-state index in [0.717, 1.165) is 36.4 Å². The number of aromatic nitrogens is 1. The second-order valence-electron chi connectivity index (χ2n) is 4.89. The van der Waals surface area contributed by atoms with Crippen LogP contribution in [0.5, 0.6) is 5.19 Å². The average molecular weight is 263 g/mol. The molecule has 1 heterocycles. The fraction of sp³-hybridized carbons (Fsp3) is 0.500. The highest BCUT2D eigenvalue weighted by molar-refractivity contribution is 7.20. The smallest absolute Gasteiger partial charge is 0.274 e. The predicted octanol–water partition coefficient (Wildman–Crippen LogP) is 3.23. The number of rotatable bonds is 3. The zero-order valence-electron chi connectivity index (χ0n) is 10.2. The molecule has 3 rings (SSSR count). The number of benzene rings is 1. The van der Waals surface area contributed by atoms with E-state index < -0.39 is 0 Å². The van der Waals surface area contributed by atoms with Gasteiger partial charge in [-0.1, -0.05) is 23.5 Å². The van der Waals surface area contributed by atoms with Crippen molar-refractivity contribution in [1.82, 2.24) is 4.98 Å². The molecule has 0 radical (unpaired) electrons. The van der Waals surface area contributed by atoms with Crippen molar-refractivity contribution >= 4 is 21.6 Å². The lowest BCUT2D eigenvalue weighted by molar-refractivity contribution is 0.104. The molecule has 1 N–H and O–H groups in total. The van der Waals surface area contributed by atoms with Crippen molar-refractivity contribution in [3.8, 4) is 5.19 Å². The summed E-state index contributed by atoms with van der Waals surface area (Å²) in [7, 11) is 0. The van der Waals surface area contributed by atoms with Crippen LogP contribution in [0.25, 0.3) is 10.2 Å². The van der Waals surface area contributed by atoms with Crippen LogP contribution in [0.3, 0.4) is 0 Å². The maximum absolute atomic E-state index is 9.11. The van der Waals surface area contributed by atoms with Gasteiger partial charge in [0.25, 0.3) is 5.19 Å². The Balaban J connectivity index is 1.66. The van der Waals surface area contributed by atoms with Gasteiger partial charge in [-0.3, -0.25) is 0 Å². The van der Waals surface area contributed by atoms with Gasteiger partial charge in [0.15, 0.2) is 0 Å². The summed E-state index contributed by atoms with van der Waals surface area (Å²) in [5.74, 6) is 0.472. The van der Waals surface area contributed by atoms with E-state index in [1.54, 1.807) is 11.3 Å². The molecule has 1 aromatic heterocycles. The van der Waals surface area contributed by atoms with Gasteiger partial charge < -0.3 is 9.84 Å². The molecule has 1 aliphatic carbocycles. The first-order valence-electron chi connectivity index (χ1n) is 6.48. The number of aliphatic hydroxyl groups is 1. The van der Waals surface area contributed by atoms with Crippen LogP contribution in [-0.2, 0) is 0 Å². The molecule has 18 heavy (non-hydrogen) atoms. The summed E-state index contributed by atoms with van der Waals surface area (Å²) in [6, 6.07) is 8.11. The number of fused-ring (bicyclic) bond motifs is 1. The van der Waals surface area contributed by atoms with Gasteiger partial charge in [-0.05, 0) is 43.7 Å². The first kappa shape index (κ1) is 11.9. The second kappa shape index (κ2) is 5.24. The zero-order valence-corrected chi connectivity index (χ0v) is 11.0. The summed E-state index contributed by atoms with van der Waals surface area (Å²) in [6.45, 7) is 0.313. The lowest BCUT2D eigenvalue weighted by atomic mass is 9.88. The Hall–Kier alpha value is -1.13. The van der Waals surface area contributed by atoms with Gasteiger partial charge in [-0.2, -0.15) is 0 Å². The molecule has 0 unspecified atom stereocenters. The van der Waals surface area contributed by atoms with Crippen molar-refractivity contribution in [2.45, 2.75) is 31.8 Å². The van der Waals surface area contributed by atoms with Gasteiger partial charge in [0.2, 0.25) is 0 Å². The largest absolute Gasteiger partial charge is 0.467 e. The van der Waals surface area contributed by atoms with E-state index in [0.29, 0.717) is 12.5 Å². The molecule has 1 aliphatic rings. The lowest BCUT2D eigenvalue weighted by Crippen LogP contribution is -2.25. The van der Waals surface area contributed by atoms with Gasteiger partial charge in [-0.15, -0.1) is 0 Å². The molecule has 3 nitrogen and oxygen atoms in total. The summed E-state index contributed by atoms with van der Waals surface area (Å²) in [5.41, 5.74) is 1.02. The van der Waals surface area contributed by atoms with E-state index in [4.69, 9.17) is 9.84 Å². The molecule has 1 aromatic carbocycles. The van der Waals surface area contributed by atoms with Crippen LogP contribution in [0.2, 0.25) is 0 Å². The molecular weight excluding hydrogens is 246 g/mol. The highest BCUT2D eigenvalue weighted by atomic mass is 32.1. The molecule has 96 valence electrons. The van der Waals surface area contributed by atoms with E-state index in [1.807, 2.05) is 18.2 Å². The van der Waals surface area contributed by atoms with Gasteiger partial charge in [0, 0.05) is 6.61 Å². The summed E-state index contributed by atoms with van der Waals surface area (Å²) >= 11 is 1.61. The van der Waals surface area contributed by atoms with Gasteiger partial charge in [0.05, 0.1) is 10.2 Å². The SMILES string of the molecule is OCC1CCC(Oc2nc3ccccc3s2)CC1. The van der Waals surface area contributed by atoms with Gasteiger partial charge in [-0.25, -0.2) is 4.98 Å². The van der Waals surface area contributed by atoms with Crippen LogP contribution in [-0.4, -0.2) is 22.8 Å². The first-order chi connectivity index (χ1) is 8.85. The molecule has 4 heteroatoms. The van der Waals surface area contributed by atoms with Crippen molar-refractivity contribution in [1.29, 1.82) is 0 Å². The van der Waals surface area contributed by atoms with Gasteiger partial charge >= 0.3 is 0 Å². The van der Waals surface area contributed by atoms with Crippen LogP contribution >= 0.6 is 11.3 Å². The standard InChI is InChI=1S/C14H17NO2S/c16-9-10-5-7-11(8-6-10)17-14-15-12-3-1-2-4-13(12)18-14/h1-4,10-11,16H,5-9H2. The first-order valence-corrected chi connectivity index (χ1v) is 7.30. The van der Waals surface area contributed by atoms with E-state index in [-0.39, 0.29) is 6.10 Å². The molecule has 0 saturated heterocycles. The minimum absolute atomic E-state index is 0.272. The molecule has 0 spiro atoms. The zero-order chi connectivity index (χ0) is 12.4. The molecule has 0 aliphatic heterocycles. The molecule has 0 atom stereocenters. The number of hydrogen-bond acceptors (Lipinski definition) is 4. The number of aliphatic hydroxyl groups excluding tert-OH is 1. The maximum Gasteiger partial charge on any atom is 0.274 e. The molecule has 1 saturated carbocycles. The van der Waals surface area contributed by atoms with E-state index in [1.165, 1.54) is 4.70 Å². The summed E-state index contributed by atoms with van der Waals surface area (Å²) in [5, 5.41) is 9.89. The maximum atomic E-state index is 9.11. The van der Waals surface area contributed by atoms with Crippen molar-refractivity contribution in [3.05, 3.63) is 24.3 Å². The van der Waals surface area contributed by atoms with E-state index in [2.05, 4.69) is 11.1 Å². The topological polar surface area (TPSA) is 42.4 Å². The minimum Gasteiger partial charge on any atom is -0.467 e. The van der Waals surface area contributed by atoms with Crippen LogP contribution < -0.4 is 4.74 Å². The normalized spacial score (nSPS) is 24.3. The van der Waals surface area contributed by atoms with Gasteiger partial charge in [0.1, 0.15) is 6.10 Å². The summed E-state index contributed by atoms with van der Waals surface area (Å²) in [6.07, 6.45) is 4.45. The molecule has 1 fully saturated rings. The number of hydrogen-bond donors (Lipinski definition) is 1. The van der Waals surface area contributed by atoms with Crippen molar-refractivity contribution in [2.24, 2.45) is 5.92 Å².